The van der Waals surface area contributed by atoms with Crippen LogP contribution in [0.5, 0.6) is 5.75 Å². The molecule has 0 N–H and O–H groups in total. The molecule has 7 heteroatoms. The third-order valence-electron chi connectivity index (χ3n) is 5.77. The van der Waals surface area contributed by atoms with Crippen molar-refractivity contribution in [3.63, 3.8) is 0 Å². The van der Waals surface area contributed by atoms with Crippen LogP contribution < -0.4 is 4.74 Å². The highest BCUT2D eigenvalue weighted by molar-refractivity contribution is 7.91. The van der Waals surface area contributed by atoms with Crippen LogP contribution in [0.2, 0.25) is 5.02 Å². The van der Waals surface area contributed by atoms with E-state index < -0.39 is 9.84 Å². The Labute approximate surface area is 196 Å². The van der Waals surface area contributed by atoms with Crippen molar-refractivity contribution in [3.8, 4) is 5.75 Å². The zero-order valence-electron chi connectivity index (χ0n) is 18.6. The largest absolute Gasteiger partial charge is 0.494 e. The minimum atomic E-state index is -3.12. The van der Waals surface area contributed by atoms with Gasteiger partial charge in [-0.1, -0.05) is 56.3 Å². The lowest BCUT2D eigenvalue weighted by molar-refractivity contribution is 0.0681. The molecule has 0 spiro atoms. The Morgan fingerprint density at radius 2 is 1.84 bits per heavy atom. The number of rotatable bonds is 11. The Morgan fingerprint density at radius 3 is 2.50 bits per heavy atom. The van der Waals surface area contributed by atoms with Crippen LogP contribution in [0.3, 0.4) is 0 Å². The van der Waals surface area contributed by atoms with E-state index in [9.17, 15) is 13.2 Å². The molecule has 32 heavy (non-hydrogen) atoms. The summed E-state index contributed by atoms with van der Waals surface area (Å²) in [5.74, 6) is 0.667. The monoisotopic (exact) mass is 477 g/mol. The van der Waals surface area contributed by atoms with E-state index in [1.165, 1.54) is 19.3 Å². The fourth-order valence-electron chi connectivity index (χ4n) is 3.98. The van der Waals surface area contributed by atoms with E-state index in [1.807, 2.05) is 30.3 Å². The van der Waals surface area contributed by atoms with Crippen LogP contribution in [0.1, 0.15) is 61.4 Å². The molecule has 3 rings (SSSR count). The summed E-state index contributed by atoms with van der Waals surface area (Å²) in [4.78, 5) is 15.0. The van der Waals surface area contributed by atoms with Gasteiger partial charge in [-0.3, -0.25) is 4.79 Å². The molecule has 0 saturated carbocycles. The Bertz CT molecular complexity index is 991. The maximum Gasteiger partial charge on any atom is 0.254 e. The smallest absolute Gasteiger partial charge is 0.254 e. The molecule has 0 bridgehead atoms. The normalized spacial score (nSPS) is 17.2. The van der Waals surface area contributed by atoms with Crippen molar-refractivity contribution in [2.24, 2.45) is 0 Å². The van der Waals surface area contributed by atoms with Crippen LogP contribution in [-0.2, 0) is 16.4 Å². The second-order valence-electron chi connectivity index (χ2n) is 8.41. The Balaban J connectivity index is 1.67. The maximum absolute atomic E-state index is 13.4. The molecule has 1 aliphatic rings. The number of halogens is 1. The molecule has 1 heterocycles. The number of carbonyl (C=O) groups is 1. The first-order valence-electron chi connectivity index (χ1n) is 11.4. The number of ether oxygens (including phenoxy) is 1. The second-order valence-corrected chi connectivity index (χ2v) is 11.1. The number of sulfone groups is 1. The highest BCUT2D eigenvalue weighted by Crippen LogP contribution is 2.24. The highest BCUT2D eigenvalue weighted by Gasteiger charge is 2.35. The first kappa shape index (κ1) is 24.6. The van der Waals surface area contributed by atoms with E-state index in [4.69, 9.17) is 16.3 Å². The average molecular weight is 478 g/mol. The van der Waals surface area contributed by atoms with Crippen LogP contribution >= 0.6 is 11.6 Å². The van der Waals surface area contributed by atoms with Gasteiger partial charge in [-0.15, -0.1) is 0 Å². The van der Waals surface area contributed by atoms with Gasteiger partial charge in [0.25, 0.3) is 5.91 Å². The standard InChI is InChI=1S/C25H32ClNO4S/c1-2-3-4-5-6-15-31-24-12-10-21(11-13-24)25(28)27(23-14-16-32(29,30)19-23)18-20-8-7-9-22(26)17-20/h7-13,17,23H,2-6,14-16,18-19H2,1H3/t23-/m1/s1. The van der Waals surface area contributed by atoms with Crippen LogP contribution in [0.15, 0.2) is 48.5 Å². The van der Waals surface area contributed by atoms with Crippen LogP contribution in [-0.4, -0.2) is 43.4 Å². The summed E-state index contributed by atoms with van der Waals surface area (Å²) in [5, 5.41) is 0.588. The predicted molar refractivity (Wildman–Crippen MR) is 129 cm³/mol. The SMILES string of the molecule is CCCCCCCOc1ccc(C(=O)N(Cc2cccc(Cl)c2)[C@@H]2CCS(=O)(=O)C2)cc1. The van der Waals surface area contributed by atoms with Crippen molar-refractivity contribution in [2.75, 3.05) is 18.1 Å². The van der Waals surface area contributed by atoms with Gasteiger partial charge in [0.15, 0.2) is 9.84 Å². The van der Waals surface area contributed by atoms with Gasteiger partial charge >= 0.3 is 0 Å². The summed E-state index contributed by atoms with van der Waals surface area (Å²) < 4.78 is 29.9. The molecule has 0 aliphatic carbocycles. The van der Waals surface area contributed by atoms with Crippen molar-refractivity contribution in [3.05, 3.63) is 64.7 Å². The molecule has 0 aromatic heterocycles. The molecule has 2 aromatic rings. The van der Waals surface area contributed by atoms with Gasteiger partial charge in [-0.2, -0.15) is 0 Å². The lowest BCUT2D eigenvalue weighted by Gasteiger charge is -2.28. The van der Waals surface area contributed by atoms with Gasteiger partial charge in [0.1, 0.15) is 5.75 Å². The van der Waals surface area contributed by atoms with Crippen LogP contribution in [0.25, 0.3) is 0 Å². The predicted octanol–water partition coefficient (Wildman–Crippen LogP) is 5.52. The van der Waals surface area contributed by atoms with E-state index in [0.717, 1.165) is 24.2 Å². The molecule has 5 nitrogen and oxygen atoms in total. The molecule has 2 aromatic carbocycles. The van der Waals surface area contributed by atoms with Gasteiger partial charge in [0.05, 0.1) is 18.1 Å². The maximum atomic E-state index is 13.4. The number of benzene rings is 2. The fourth-order valence-corrected chi connectivity index (χ4v) is 5.92. The number of unbranched alkanes of at least 4 members (excludes halogenated alkanes) is 4. The van der Waals surface area contributed by atoms with Crippen molar-refractivity contribution in [2.45, 2.75) is 58.0 Å². The summed E-state index contributed by atoms with van der Waals surface area (Å²) in [5.41, 5.74) is 1.39. The van der Waals surface area contributed by atoms with Gasteiger partial charge < -0.3 is 9.64 Å². The van der Waals surface area contributed by atoms with E-state index in [-0.39, 0.29) is 23.5 Å². The minimum absolute atomic E-state index is 0.00146. The molecule has 0 unspecified atom stereocenters. The summed E-state index contributed by atoms with van der Waals surface area (Å²) in [6, 6.07) is 14.1. The van der Waals surface area contributed by atoms with Crippen LogP contribution in [0.4, 0.5) is 0 Å². The topological polar surface area (TPSA) is 63.7 Å². The van der Waals surface area contributed by atoms with Gasteiger partial charge in [-0.25, -0.2) is 8.42 Å². The molecule has 1 saturated heterocycles. The lowest BCUT2D eigenvalue weighted by atomic mass is 10.1. The summed E-state index contributed by atoms with van der Waals surface area (Å²) in [6.45, 7) is 3.18. The average Bonchev–Trinajstić information content (AvgIpc) is 3.14. The van der Waals surface area contributed by atoms with Crippen LogP contribution in [0, 0.1) is 0 Å². The quantitative estimate of drug-likeness (QED) is 0.400. The van der Waals surface area contributed by atoms with Crippen molar-refractivity contribution < 1.29 is 17.9 Å². The molecule has 1 aliphatic heterocycles. The minimum Gasteiger partial charge on any atom is -0.494 e. The number of hydrogen-bond donors (Lipinski definition) is 0. The van der Waals surface area contributed by atoms with E-state index >= 15 is 0 Å². The molecule has 1 atom stereocenters. The van der Waals surface area contributed by atoms with E-state index in [2.05, 4.69) is 6.92 Å². The van der Waals surface area contributed by atoms with Gasteiger partial charge in [0.2, 0.25) is 0 Å². The first-order chi connectivity index (χ1) is 15.4. The molecule has 0 radical (unpaired) electrons. The molecule has 1 fully saturated rings. The summed E-state index contributed by atoms with van der Waals surface area (Å²) >= 11 is 6.11. The first-order valence-corrected chi connectivity index (χ1v) is 13.6. The zero-order valence-corrected chi connectivity index (χ0v) is 20.2. The summed E-state index contributed by atoms with van der Waals surface area (Å²) in [6.07, 6.45) is 6.33. The third-order valence-corrected chi connectivity index (χ3v) is 7.76. The number of hydrogen-bond acceptors (Lipinski definition) is 4. The highest BCUT2D eigenvalue weighted by atomic mass is 35.5. The van der Waals surface area contributed by atoms with E-state index in [0.29, 0.717) is 30.2 Å². The lowest BCUT2D eigenvalue weighted by Crippen LogP contribution is -2.40. The molecule has 1 amide bonds. The van der Waals surface area contributed by atoms with Crippen molar-refractivity contribution in [1.29, 1.82) is 0 Å². The third kappa shape index (κ3) is 7.24. The second kappa shape index (κ2) is 11.7. The molecular weight excluding hydrogens is 446 g/mol. The Hall–Kier alpha value is -2.05. The zero-order chi connectivity index (χ0) is 23.0. The molecular formula is C25H32ClNO4S. The Kier molecular flexibility index (Phi) is 9.00. The van der Waals surface area contributed by atoms with Gasteiger partial charge in [0, 0.05) is 23.2 Å². The Morgan fingerprint density at radius 1 is 1.09 bits per heavy atom. The molecule has 174 valence electrons. The number of carbonyl (C=O) groups excluding carboxylic acids is 1. The number of amides is 1. The van der Waals surface area contributed by atoms with E-state index in [1.54, 1.807) is 23.1 Å². The van der Waals surface area contributed by atoms with Crippen molar-refractivity contribution >= 4 is 27.3 Å². The van der Waals surface area contributed by atoms with Crippen molar-refractivity contribution in [1.82, 2.24) is 4.90 Å². The fraction of sp³-hybridized carbons (Fsp3) is 0.480. The number of nitrogens with zero attached hydrogens (tertiary/aromatic N) is 1. The van der Waals surface area contributed by atoms with Gasteiger partial charge in [-0.05, 0) is 54.8 Å². The summed E-state index contributed by atoms with van der Waals surface area (Å²) in [7, 11) is -3.12.